The second kappa shape index (κ2) is 2.81. The molecule has 0 unspecified atom stereocenters. The molecule has 0 fully saturated rings. The number of rotatable bonds is 1. The van der Waals surface area contributed by atoms with Crippen LogP contribution < -0.4 is 10.4 Å². The Hall–Kier alpha value is -1.38. The highest BCUT2D eigenvalue weighted by atomic mass is 15.2. The van der Waals surface area contributed by atoms with Crippen molar-refractivity contribution in [1.29, 1.82) is 0 Å². The van der Waals surface area contributed by atoms with Gasteiger partial charge in [0.15, 0.2) is 0 Å². The average Bonchev–Trinajstić information content (AvgIpc) is 1.91. The zero-order valence-electron chi connectivity index (χ0n) is 4.94. The molecule has 0 radical (unpaired) electrons. The van der Waals surface area contributed by atoms with Crippen LogP contribution in [0, 0.1) is 0 Å². The van der Waals surface area contributed by atoms with Gasteiger partial charge in [0.05, 0.1) is 12.4 Å². The molecular weight excluding hydrogens is 114 g/mol. The Labute approximate surface area is 53.4 Å². The predicted molar refractivity (Wildman–Crippen MR) is 34.7 cm³/mol. The van der Waals surface area contributed by atoms with Gasteiger partial charge in [-0.3, -0.25) is 0 Å². The van der Waals surface area contributed by atoms with Crippen molar-refractivity contribution in [1.82, 2.24) is 0 Å². The van der Waals surface area contributed by atoms with E-state index in [0.717, 1.165) is 0 Å². The van der Waals surface area contributed by atoms with Crippen molar-refractivity contribution in [2.24, 2.45) is 10.9 Å². The zero-order valence-corrected chi connectivity index (χ0v) is 4.94. The van der Waals surface area contributed by atoms with Crippen LogP contribution in [0.4, 0.5) is 0 Å². The Morgan fingerprint density at radius 1 is 1.22 bits per heavy atom. The fraction of sp³-hybridized carbons (Fsp3) is 0. The molecule has 0 spiro atoms. The van der Waals surface area contributed by atoms with Gasteiger partial charge in [0, 0.05) is 5.10 Å². The van der Waals surface area contributed by atoms with Crippen molar-refractivity contribution < 1.29 is 4.57 Å². The third-order valence-corrected chi connectivity index (χ3v) is 0.939. The van der Waals surface area contributed by atoms with Gasteiger partial charge in [-0.15, -0.1) is 0 Å². The molecule has 0 aliphatic heterocycles. The van der Waals surface area contributed by atoms with E-state index in [4.69, 9.17) is 5.84 Å². The lowest BCUT2D eigenvalue weighted by molar-refractivity contribution is -0.546. The van der Waals surface area contributed by atoms with E-state index in [1.165, 1.54) is 6.34 Å². The second-order valence-corrected chi connectivity index (χ2v) is 1.59. The molecule has 0 aromatic carbocycles. The molecule has 0 saturated carbocycles. The summed E-state index contributed by atoms with van der Waals surface area (Å²) in [5.41, 5.74) is 0. The molecular formula is C6H8N3+. The zero-order chi connectivity index (χ0) is 6.53. The number of nitrogens with zero attached hydrogens (tertiary/aromatic N) is 2. The Morgan fingerprint density at radius 3 is 2.44 bits per heavy atom. The molecule has 46 valence electrons. The molecule has 1 aromatic rings. The molecule has 0 atom stereocenters. The first-order valence-corrected chi connectivity index (χ1v) is 2.62. The van der Waals surface area contributed by atoms with Gasteiger partial charge in [-0.1, -0.05) is 6.07 Å². The van der Waals surface area contributed by atoms with Gasteiger partial charge in [-0.25, -0.2) is 10.4 Å². The van der Waals surface area contributed by atoms with Crippen LogP contribution in [-0.4, -0.2) is 6.34 Å². The van der Waals surface area contributed by atoms with Crippen LogP contribution >= 0.6 is 0 Å². The van der Waals surface area contributed by atoms with Gasteiger partial charge in [-0.2, -0.15) is 0 Å². The Morgan fingerprint density at radius 2 is 1.89 bits per heavy atom. The fourth-order valence-electron chi connectivity index (χ4n) is 0.566. The van der Waals surface area contributed by atoms with Crippen LogP contribution in [0.3, 0.4) is 0 Å². The summed E-state index contributed by atoms with van der Waals surface area (Å²) in [6.45, 7) is 0. The monoisotopic (exact) mass is 122 g/mol. The van der Waals surface area contributed by atoms with E-state index in [-0.39, 0.29) is 0 Å². The molecule has 1 heterocycles. The molecule has 1 aromatic heterocycles. The summed E-state index contributed by atoms with van der Waals surface area (Å²) in [7, 11) is 0. The first-order valence-electron chi connectivity index (χ1n) is 2.62. The van der Waals surface area contributed by atoms with Gasteiger partial charge < -0.3 is 0 Å². The van der Waals surface area contributed by atoms with Crippen LogP contribution in [0.2, 0.25) is 0 Å². The molecule has 0 aliphatic rings. The number of hydrogen-bond donors (Lipinski definition) is 1. The summed E-state index contributed by atoms with van der Waals surface area (Å²) in [4.78, 5) is 0. The van der Waals surface area contributed by atoms with Gasteiger partial charge in [0.25, 0.3) is 0 Å². The van der Waals surface area contributed by atoms with Crippen molar-refractivity contribution in [3.8, 4) is 0 Å². The van der Waals surface area contributed by atoms with Crippen molar-refractivity contribution >= 4 is 6.34 Å². The highest BCUT2D eigenvalue weighted by Crippen LogP contribution is 1.72. The third-order valence-electron chi connectivity index (χ3n) is 0.939. The molecule has 3 heteroatoms. The first-order chi connectivity index (χ1) is 4.43. The molecule has 3 nitrogen and oxygen atoms in total. The van der Waals surface area contributed by atoms with Crippen molar-refractivity contribution in [3.63, 3.8) is 0 Å². The SMILES string of the molecule is NN=C[n+]1ccccc1. The van der Waals surface area contributed by atoms with E-state index in [1.54, 1.807) is 4.57 Å². The van der Waals surface area contributed by atoms with Crippen LogP contribution in [0.15, 0.2) is 35.7 Å². The second-order valence-electron chi connectivity index (χ2n) is 1.59. The number of nitrogens with two attached hydrogens (primary N) is 1. The maximum Gasteiger partial charge on any atom is 0.315 e. The lowest BCUT2D eigenvalue weighted by atomic mass is 10.5. The summed E-state index contributed by atoms with van der Waals surface area (Å²) in [5, 5.41) is 3.34. The molecule has 0 bridgehead atoms. The smallest absolute Gasteiger partial charge is 0.231 e. The van der Waals surface area contributed by atoms with Gasteiger partial charge in [0.1, 0.15) is 0 Å². The highest BCUT2D eigenvalue weighted by molar-refractivity contribution is 5.41. The summed E-state index contributed by atoms with van der Waals surface area (Å²) < 4.78 is 1.76. The molecule has 0 amide bonds. The standard InChI is InChI=1S/C6H8N3/c7-8-6-9-4-2-1-3-5-9/h1-6H,7H2/q+1. The maximum atomic E-state index is 4.91. The first kappa shape index (κ1) is 5.75. The Kier molecular flexibility index (Phi) is 1.80. The van der Waals surface area contributed by atoms with Crippen molar-refractivity contribution in [2.45, 2.75) is 0 Å². The number of hydrogen-bond acceptors (Lipinski definition) is 2. The maximum absolute atomic E-state index is 4.91. The fourth-order valence-corrected chi connectivity index (χ4v) is 0.566. The van der Waals surface area contributed by atoms with Crippen LogP contribution in [0.5, 0.6) is 0 Å². The summed E-state index contributed by atoms with van der Waals surface area (Å²) in [6, 6.07) is 5.74. The van der Waals surface area contributed by atoms with E-state index in [1.807, 2.05) is 30.6 Å². The number of aromatic nitrogens is 1. The van der Waals surface area contributed by atoms with Gasteiger partial charge in [0.2, 0.25) is 0 Å². The van der Waals surface area contributed by atoms with Crippen LogP contribution in [0.25, 0.3) is 0 Å². The number of pyridine rings is 1. The minimum atomic E-state index is 1.53. The minimum Gasteiger partial charge on any atom is -0.231 e. The summed E-state index contributed by atoms with van der Waals surface area (Å²) >= 11 is 0. The summed E-state index contributed by atoms with van der Waals surface area (Å²) in [5.74, 6) is 4.91. The third kappa shape index (κ3) is 1.53. The quantitative estimate of drug-likeness (QED) is 0.180. The van der Waals surface area contributed by atoms with Crippen LogP contribution in [0.1, 0.15) is 0 Å². The molecule has 0 aliphatic carbocycles. The van der Waals surface area contributed by atoms with E-state index >= 15 is 0 Å². The summed E-state index contributed by atoms with van der Waals surface area (Å²) in [6.07, 6.45) is 5.24. The Bertz CT molecular complexity index is 193. The molecule has 2 N–H and O–H groups in total. The molecule has 0 saturated heterocycles. The van der Waals surface area contributed by atoms with Crippen molar-refractivity contribution in [2.75, 3.05) is 0 Å². The largest absolute Gasteiger partial charge is 0.315 e. The molecule has 9 heavy (non-hydrogen) atoms. The number of hydrazone groups is 1. The van der Waals surface area contributed by atoms with E-state index in [9.17, 15) is 0 Å². The minimum absolute atomic E-state index is 1.53. The van der Waals surface area contributed by atoms with E-state index < -0.39 is 0 Å². The normalized spacial score (nSPS) is 10.2. The van der Waals surface area contributed by atoms with Gasteiger partial charge >= 0.3 is 6.34 Å². The predicted octanol–water partition coefficient (Wildman–Crippen LogP) is -0.276. The van der Waals surface area contributed by atoms with E-state index in [0.29, 0.717) is 0 Å². The lowest BCUT2D eigenvalue weighted by Gasteiger charge is -1.82. The Balaban J connectivity index is 2.85. The lowest BCUT2D eigenvalue weighted by Crippen LogP contribution is -2.32. The van der Waals surface area contributed by atoms with Crippen molar-refractivity contribution in [3.05, 3.63) is 30.6 Å². The average molecular weight is 122 g/mol. The molecule has 1 rings (SSSR count). The van der Waals surface area contributed by atoms with Gasteiger partial charge in [-0.05, 0) is 12.1 Å². The topological polar surface area (TPSA) is 42.3 Å². The van der Waals surface area contributed by atoms with E-state index in [2.05, 4.69) is 5.10 Å². The highest BCUT2D eigenvalue weighted by Gasteiger charge is 1.84. The van der Waals surface area contributed by atoms with Crippen LogP contribution in [-0.2, 0) is 0 Å².